The predicted octanol–water partition coefficient (Wildman–Crippen LogP) is 3.87. The van der Waals surface area contributed by atoms with Crippen LogP contribution in [0, 0.1) is 5.92 Å². The third kappa shape index (κ3) is 4.12. The molecule has 3 aromatic rings. The van der Waals surface area contributed by atoms with Crippen molar-refractivity contribution in [3.8, 4) is 11.4 Å². The molecule has 2 aliphatic heterocycles. The van der Waals surface area contributed by atoms with Gasteiger partial charge in [-0.25, -0.2) is 15.0 Å². The van der Waals surface area contributed by atoms with Crippen molar-refractivity contribution in [1.29, 1.82) is 0 Å². The maximum atomic E-state index is 11.1. The number of rotatable bonds is 6. The third-order valence-electron chi connectivity index (χ3n) is 6.44. The Hall–Kier alpha value is -2.84. The molecule has 8 nitrogen and oxygen atoms in total. The summed E-state index contributed by atoms with van der Waals surface area (Å²) in [4.78, 5) is 27.6. The van der Waals surface area contributed by atoms with Crippen molar-refractivity contribution in [3.63, 3.8) is 0 Å². The number of hydrogen-bond donors (Lipinski definition) is 0. The highest BCUT2D eigenvalue weighted by Crippen LogP contribution is 2.35. The average Bonchev–Trinajstić information content (AvgIpc) is 3.25. The highest BCUT2D eigenvalue weighted by molar-refractivity contribution is 5.87. The molecule has 0 aliphatic carbocycles. The van der Waals surface area contributed by atoms with E-state index in [0.29, 0.717) is 11.5 Å². The summed E-state index contributed by atoms with van der Waals surface area (Å²) in [7, 11) is 2.08. The molecule has 0 N–H and O–H groups in total. The van der Waals surface area contributed by atoms with Crippen LogP contribution in [0.5, 0.6) is 0 Å². The van der Waals surface area contributed by atoms with Crippen LogP contribution in [0.15, 0.2) is 30.6 Å². The minimum absolute atomic E-state index is 0.113. The predicted molar refractivity (Wildman–Crippen MR) is 122 cm³/mol. The van der Waals surface area contributed by atoms with Crippen molar-refractivity contribution in [1.82, 2.24) is 19.5 Å². The van der Waals surface area contributed by atoms with E-state index in [1.54, 1.807) is 6.33 Å². The largest absolute Gasteiger partial charge is 0.381 e. The SMILES string of the molecule is CN(CC1CCOCC1)c1ncnc2c1nc(-c1ccc(C=O)cc1)n2C1CCCCO1. The number of ether oxygens (including phenoxy) is 2. The standard InChI is InChI=1S/C24H29N5O3/c1-28(14-17-9-12-31-13-10-17)23-21-24(26-16-25-23)29(20-4-2-3-11-32-20)22(27-21)19-7-5-18(15-30)6-8-19/h5-8,15-17,20H,2-4,9-14H2,1H3. The molecular formula is C24H29N5O3. The van der Waals surface area contributed by atoms with Crippen LogP contribution in [0.3, 0.4) is 0 Å². The van der Waals surface area contributed by atoms with Gasteiger partial charge in [0, 0.05) is 44.5 Å². The van der Waals surface area contributed by atoms with Crippen LogP contribution in [-0.4, -0.2) is 59.2 Å². The number of anilines is 1. The van der Waals surface area contributed by atoms with Gasteiger partial charge in [-0.3, -0.25) is 9.36 Å². The minimum atomic E-state index is -0.113. The lowest BCUT2D eigenvalue weighted by atomic mass is 10.00. The lowest BCUT2D eigenvalue weighted by Crippen LogP contribution is -2.30. The molecule has 4 heterocycles. The van der Waals surface area contributed by atoms with Gasteiger partial charge >= 0.3 is 0 Å². The van der Waals surface area contributed by atoms with Crippen molar-refractivity contribution >= 4 is 23.3 Å². The van der Waals surface area contributed by atoms with E-state index in [1.165, 1.54) is 0 Å². The van der Waals surface area contributed by atoms with Crippen LogP contribution in [0.4, 0.5) is 5.82 Å². The van der Waals surface area contributed by atoms with Gasteiger partial charge < -0.3 is 14.4 Å². The van der Waals surface area contributed by atoms with E-state index in [2.05, 4.69) is 26.5 Å². The summed E-state index contributed by atoms with van der Waals surface area (Å²) in [5.74, 6) is 2.21. The highest BCUT2D eigenvalue weighted by atomic mass is 16.5. The maximum Gasteiger partial charge on any atom is 0.168 e. The Balaban J connectivity index is 1.58. The molecule has 1 atom stereocenters. The van der Waals surface area contributed by atoms with Crippen LogP contribution in [0.25, 0.3) is 22.6 Å². The van der Waals surface area contributed by atoms with Crippen LogP contribution in [0.1, 0.15) is 48.7 Å². The smallest absolute Gasteiger partial charge is 0.168 e. The van der Waals surface area contributed by atoms with Gasteiger partial charge in [-0.15, -0.1) is 0 Å². The second-order valence-electron chi connectivity index (χ2n) is 8.67. The summed E-state index contributed by atoms with van der Waals surface area (Å²) in [5.41, 5.74) is 3.14. The van der Waals surface area contributed by atoms with Crippen LogP contribution < -0.4 is 4.90 Å². The number of aldehydes is 1. The molecule has 2 fully saturated rings. The van der Waals surface area contributed by atoms with Gasteiger partial charge in [0.1, 0.15) is 24.7 Å². The average molecular weight is 436 g/mol. The molecule has 5 rings (SSSR count). The Labute approximate surface area is 187 Å². The van der Waals surface area contributed by atoms with Gasteiger partial charge in [0.2, 0.25) is 0 Å². The highest BCUT2D eigenvalue weighted by Gasteiger charge is 2.27. The lowest BCUT2D eigenvalue weighted by molar-refractivity contribution is -0.0287. The number of carbonyl (C=O) groups excluding carboxylic acids is 1. The Kier molecular flexibility index (Phi) is 6.14. The van der Waals surface area contributed by atoms with E-state index < -0.39 is 0 Å². The van der Waals surface area contributed by atoms with E-state index >= 15 is 0 Å². The molecule has 0 saturated carbocycles. The molecule has 0 bridgehead atoms. The fourth-order valence-corrected chi connectivity index (χ4v) is 4.69. The summed E-state index contributed by atoms with van der Waals surface area (Å²) < 4.78 is 13.8. The maximum absolute atomic E-state index is 11.1. The van der Waals surface area contributed by atoms with Crippen LogP contribution >= 0.6 is 0 Å². The molecule has 2 aromatic heterocycles. The summed E-state index contributed by atoms with van der Waals surface area (Å²) in [5, 5.41) is 0. The molecule has 2 saturated heterocycles. The first-order valence-corrected chi connectivity index (χ1v) is 11.4. The number of hydrogen-bond acceptors (Lipinski definition) is 7. The van der Waals surface area contributed by atoms with Crippen molar-refractivity contribution in [2.24, 2.45) is 5.92 Å². The number of carbonyl (C=O) groups is 1. The summed E-state index contributed by atoms with van der Waals surface area (Å²) >= 11 is 0. The summed E-state index contributed by atoms with van der Waals surface area (Å²) in [6, 6.07) is 7.50. The molecule has 0 spiro atoms. The number of fused-ring (bicyclic) bond motifs is 1. The first kappa shape index (κ1) is 21.0. The molecule has 2 aliphatic rings. The van der Waals surface area contributed by atoms with Crippen molar-refractivity contribution in [3.05, 3.63) is 36.2 Å². The number of aromatic nitrogens is 4. The first-order chi connectivity index (χ1) is 15.7. The van der Waals surface area contributed by atoms with E-state index in [9.17, 15) is 4.79 Å². The second-order valence-corrected chi connectivity index (χ2v) is 8.67. The Morgan fingerprint density at radius 3 is 2.62 bits per heavy atom. The van der Waals surface area contributed by atoms with Gasteiger partial charge in [-0.1, -0.05) is 24.3 Å². The molecule has 168 valence electrons. The molecule has 1 unspecified atom stereocenters. The zero-order valence-electron chi connectivity index (χ0n) is 18.4. The Morgan fingerprint density at radius 2 is 1.91 bits per heavy atom. The zero-order chi connectivity index (χ0) is 21.9. The van der Waals surface area contributed by atoms with Crippen molar-refractivity contribution in [2.45, 2.75) is 38.3 Å². The summed E-state index contributed by atoms with van der Waals surface area (Å²) in [6.07, 6.45) is 7.59. The molecular weight excluding hydrogens is 406 g/mol. The zero-order valence-corrected chi connectivity index (χ0v) is 18.4. The number of benzene rings is 1. The third-order valence-corrected chi connectivity index (χ3v) is 6.44. The van der Waals surface area contributed by atoms with Crippen molar-refractivity contribution < 1.29 is 14.3 Å². The lowest BCUT2D eigenvalue weighted by Gasteiger charge is -2.28. The molecule has 1 aromatic carbocycles. The van der Waals surface area contributed by atoms with E-state index in [1.807, 2.05) is 24.3 Å². The van der Waals surface area contributed by atoms with Gasteiger partial charge in [-0.05, 0) is 38.0 Å². The van der Waals surface area contributed by atoms with Crippen LogP contribution in [-0.2, 0) is 9.47 Å². The van der Waals surface area contributed by atoms with E-state index in [0.717, 1.165) is 93.1 Å². The Bertz CT molecular complexity index is 1070. The number of imidazole rings is 1. The normalized spacial score (nSPS) is 19.8. The molecule has 8 heteroatoms. The molecule has 0 radical (unpaired) electrons. The molecule has 32 heavy (non-hydrogen) atoms. The van der Waals surface area contributed by atoms with E-state index in [-0.39, 0.29) is 6.23 Å². The number of nitrogens with zero attached hydrogens (tertiary/aromatic N) is 5. The molecule has 0 amide bonds. The Morgan fingerprint density at radius 1 is 1.09 bits per heavy atom. The topological polar surface area (TPSA) is 82.4 Å². The monoisotopic (exact) mass is 435 g/mol. The fraction of sp³-hybridized carbons (Fsp3) is 0.500. The second kappa shape index (κ2) is 9.34. The van der Waals surface area contributed by atoms with Crippen LogP contribution in [0.2, 0.25) is 0 Å². The van der Waals surface area contributed by atoms with Crippen molar-refractivity contribution in [2.75, 3.05) is 38.3 Å². The first-order valence-electron chi connectivity index (χ1n) is 11.4. The van der Waals surface area contributed by atoms with Gasteiger partial charge in [-0.2, -0.15) is 0 Å². The van der Waals surface area contributed by atoms with Gasteiger partial charge in [0.05, 0.1) is 0 Å². The summed E-state index contributed by atoms with van der Waals surface area (Å²) in [6.45, 7) is 3.29. The minimum Gasteiger partial charge on any atom is -0.381 e. The van der Waals surface area contributed by atoms with Gasteiger partial charge in [0.25, 0.3) is 0 Å². The quantitative estimate of drug-likeness (QED) is 0.544. The van der Waals surface area contributed by atoms with E-state index in [4.69, 9.17) is 14.5 Å². The fourth-order valence-electron chi connectivity index (χ4n) is 4.69. The van der Waals surface area contributed by atoms with Gasteiger partial charge in [0.15, 0.2) is 17.0 Å².